The maximum absolute atomic E-state index is 13.5. The lowest BCUT2D eigenvalue weighted by Crippen LogP contribution is -2.45. The number of benzene rings is 1. The first-order valence-corrected chi connectivity index (χ1v) is 12.8. The highest BCUT2D eigenvalue weighted by Gasteiger charge is 2.38. The molecule has 1 heterocycles. The van der Waals surface area contributed by atoms with Gasteiger partial charge < -0.3 is 26.4 Å². The molecule has 10 nitrogen and oxygen atoms in total. The second-order valence-corrected chi connectivity index (χ2v) is 10.6. The lowest BCUT2D eigenvalue weighted by Gasteiger charge is -2.32. The number of nitrogens with zero attached hydrogens (tertiary/aromatic N) is 1. The largest absolute Gasteiger partial charge is 0.453 e. The van der Waals surface area contributed by atoms with Crippen molar-refractivity contribution in [2.45, 2.75) is 44.0 Å². The number of ether oxygens (including phenoxy) is 1. The molecule has 0 unspecified atom stereocenters. The number of methoxy groups -OCH3 is 1. The van der Waals surface area contributed by atoms with Crippen molar-refractivity contribution in [3.05, 3.63) is 24.3 Å². The molecule has 2 amide bonds. The lowest BCUT2D eigenvalue weighted by molar-refractivity contribution is -0.120. The maximum Gasteiger partial charge on any atom is 0.407 e. The molecular weight excluding hydrogens is 446 g/mol. The summed E-state index contributed by atoms with van der Waals surface area (Å²) in [5, 5.41) is 8.43. The second-order valence-electron chi connectivity index (χ2n) is 8.69. The Labute approximate surface area is 196 Å². The van der Waals surface area contributed by atoms with Crippen molar-refractivity contribution in [3.8, 4) is 0 Å². The van der Waals surface area contributed by atoms with E-state index in [1.165, 1.54) is 7.11 Å². The summed E-state index contributed by atoms with van der Waals surface area (Å²) in [6.07, 6.45) is 1.57. The van der Waals surface area contributed by atoms with Crippen molar-refractivity contribution in [3.63, 3.8) is 0 Å². The third kappa shape index (κ3) is 8.17. The normalized spacial score (nSPS) is 18.5. The van der Waals surface area contributed by atoms with Gasteiger partial charge in [0.25, 0.3) is 0 Å². The third-order valence-electron chi connectivity index (χ3n) is 5.74. The fourth-order valence-corrected chi connectivity index (χ4v) is 5.55. The van der Waals surface area contributed by atoms with E-state index in [-0.39, 0.29) is 29.3 Å². The predicted molar refractivity (Wildman–Crippen MR) is 127 cm³/mol. The molecule has 0 saturated carbocycles. The smallest absolute Gasteiger partial charge is 0.407 e. The van der Waals surface area contributed by atoms with Crippen LogP contribution in [0.4, 0.5) is 10.5 Å². The number of anilines is 1. The summed E-state index contributed by atoms with van der Waals surface area (Å²) < 4.78 is 33.1. The number of nitrogens with one attached hydrogen (secondary N) is 3. The van der Waals surface area contributed by atoms with Crippen LogP contribution >= 0.6 is 0 Å². The number of amides is 2. The molecule has 1 aromatic rings. The first-order chi connectivity index (χ1) is 15.6. The lowest BCUT2D eigenvalue weighted by atomic mass is 9.97. The third-order valence-corrected chi connectivity index (χ3v) is 7.68. The van der Waals surface area contributed by atoms with E-state index in [1.807, 2.05) is 0 Å². The average Bonchev–Trinajstić information content (AvgIpc) is 3.23. The van der Waals surface area contributed by atoms with E-state index in [9.17, 15) is 18.0 Å². The Balaban J connectivity index is 2.00. The van der Waals surface area contributed by atoms with E-state index < -0.39 is 16.1 Å². The van der Waals surface area contributed by atoms with Gasteiger partial charge in [-0.25, -0.2) is 13.2 Å². The number of alkyl carbamates (subject to hydrolysis) is 1. The van der Waals surface area contributed by atoms with E-state index in [4.69, 9.17) is 5.73 Å². The van der Waals surface area contributed by atoms with Gasteiger partial charge in [-0.1, -0.05) is 13.8 Å². The van der Waals surface area contributed by atoms with Crippen molar-refractivity contribution in [2.75, 3.05) is 45.6 Å². The molecule has 0 radical (unpaired) electrons. The maximum atomic E-state index is 13.5. The fraction of sp³-hybridized carbons (Fsp3) is 0.636. The van der Waals surface area contributed by atoms with E-state index in [2.05, 4.69) is 34.5 Å². The summed E-state index contributed by atoms with van der Waals surface area (Å²) in [7, 11) is -2.44. The Morgan fingerprint density at radius 3 is 2.55 bits per heavy atom. The molecule has 1 saturated heterocycles. The zero-order chi connectivity index (χ0) is 24.4. The molecule has 0 spiro atoms. The Kier molecular flexibility index (Phi) is 10.4. The molecule has 5 N–H and O–H groups in total. The Morgan fingerprint density at radius 2 is 1.91 bits per heavy atom. The molecule has 33 heavy (non-hydrogen) atoms. The van der Waals surface area contributed by atoms with Crippen LogP contribution in [-0.2, 0) is 19.6 Å². The standard InChI is InChI=1S/C22H37N5O5S/c1-16(2)10-12-27(33(30,31)19-8-6-18(23)7-9-19)20-14-24-13-17(20)5-4-11-25-21(28)15-26-22(29)32-3/h6-9,16-17,20,24H,4-5,10-15,23H2,1-3H3,(H,25,28)(H,26,29)/t17-,20-/m1/s1. The number of hydrogen-bond acceptors (Lipinski definition) is 7. The summed E-state index contributed by atoms with van der Waals surface area (Å²) >= 11 is 0. The van der Waals surface area contributed by atoms with Crippen LogP contribution < -0.4 is 21.7 Å². The van der Waals surface area contributed by atoms with Crippen molar-refractivity contribution >= 4 is 27.7 Å². The molecule has 1 aliphatic heterocycles. The minimum absolute atomic E-state index is 0.130. The van der Waals surface area contributed by atoms with Crippen molar-refractivity contribution < 1.29 is 22.7 Å². The number of nitrogens with two attached hydrogens (primary N) is 1. The SMILES string of the molecule is COC(=O)NCC(=O)NCCC[C@@H]1CNC[C@H]1N(CCC(C)C)S(=O)(=O)c1ccc(N)cc1. The number of carbonyl (C=O) groups is 2. The van der Waals surface area contributed by atoms with Gasteiger partial charge in [0.2, 0.25) is 15.9 Å². The Hall–Kier alpha value is -2.37. The molecule has 1 fully saturated rings. The minimum Gasteiger partial charge on any atom is -0.453 e. The highest BCUT2D eigenvalue weighted by molar-refractivity contribution is 7.89. The number of hydrogen-bond donors (Lipinski definition) is 4. The van der Waals surface area contributed by atoms with Crippen molar-refractivity contribution in [1.82, 2.24) is 20.3 Å². The van der Waals surface area contributed by atoms with Gasteiger partial charge in [-0.05, 0) is 61.9 Å². The van der Waals surface area contributed by atoms with Gasteiger partial charge in [-0.2, -0.15) is 4.31 Å². The zero-order valence-corrected chi connectivity index (χ0v) is 20.5. The van der Waals surface area contributed by atoms with Crippen LogP contribution in [-0.4, -0.2) is 70.6 Å². The van der Waals surface area contributed by atoms with E-state index in [0.29, 0.717) is 37.7 Å². The van der Waals surface area contributed by atoms with Gasteiger partial charge in [0.05, 0.1) is 18.6 Å². The summed E-state index contributed by atoms with van der Waals surface area (Å²) in [5.74, 6) is 0.201. The molecule has 1 aliphatic rings. The van der Waals surface area contributed by atoms with Crippen LogP contribution in [0.15, 0.2) is 29.2 Å². The molecule has 0 aliphatic carbocycles. The monoisotopic (exact) mass is 483 g/mol. The second kappa shape index (κ2) is 12.8. The van der Waals surface area contributed by atoms with E-state index in [0.717, 1.165) is 19.4 Å². The van der Waals surface area contributed by atoms with E-state index in [1.54, 1.807) is 28.6 Å². The van der Waals surface area contributed by atoms with Gasteiger partial charge in [0.1, 0.15) is 0 Å². The van der Waals surface area contributed by atoms with Crippen LogP contribution in [0.25, 0.3) is 0 Å². The molecule has 0 aromatic heterocycles. The summed E-state index contributed by atoms with van der Waals surface area (Å²) in [5.41, 5.74) is 6.26. The molecular formula is C22H37N5O5S. The zero-order valence-electron chi connectivity index (χ0n) is 19.7. The van der Waals surface area contributed by atoms with Crippen LogP contribution in [0.1, 0.15) is 33.1 Å². The molecule has 1 aromatic carbocycles. The summed E-state index contributed by atoms with van der Waals surface area (Å²) in [4.78, 5) is 23.1. The highest BCUT2D eigenvalue weighted by Crippen LogP contribution is 2.28. The summed E-state index contributed by atoms with van der Waals surface area (Å²) in [6, 6.07) is 6.17. The van der Waals surface area contributed by atoms with Gasteiger partial charge in [0, 0.05) is 31.4 Å². The Bertz CT molecular complexity index is 876. The minimum atomic E-state index is -3.68. The van der Waals surface area contributed by atoms with Crippen LogP contribution in [0.5, 0.6) is 0 Å². The fourth-order valence-electron chi connectivity index (χ4n) is 3.85. The predicted octanol–water partition coefficient (Wildman–Crippen LogP) is 1.15. The summed E-state index contributed by atoms with van der Waals surface area (Å²) in [6.45, 7) is 6.21. The van der Waals surface area contributed by atoms with Gasteiger partial charge in [-0.15, -0.1) is 0 Å². The van der Waals surface area contributed by atoms with Crippen LogP contribution in [0.2, 0.25) is 0 Å². The van der Waals surface area contributed by atoms with Gasteiger partial charge >= 0.3 is 6.09 Å². The molecule has 186 valence electrons. The first kappa shape index (κ1) is 26.9. The average molecular weight is 484 g/mol. The van der Waals surface area contributed by atoms with Crippen LogP contribution in [0, 0.1) is 11.8 Å². The van der Waals surface area contributed by atoms with Gasteiger partial charge in [-0.3, -0.25) is 4.79 Å². The van der Waals surface area contributed by atoms with Crippen molar-refractivity contribution in [1.29, 1.82) is 0 Å². The van der Waals surface area contributed by atoms with Crippen molar-refractivity contribution in [2.24, 2.45) is 11.8 Å². The van der Waals surface area contributed by atoms with Gasteiger partial charge in [0.15, 0.2) is 0 Å². The highest BCUT2D eigenvalue weighted by atomic mass is 32.2. The quantitative estimate of drug-likeness (QED) is 0.258. The molecule has 0 bridgehead atoms. The number of nitrogen functional groups attached to an aromatic ring is 1. The first-order valence-electron chi connectivity index (χ1n) is 11.3. The Morgan fingerprint density at radius 1 is 1.21 bits per heavy atom. The topological polar surface area (TPSA) is 143 Å². The molecule has 2 rings (SSSR count). The number of sulfonamides is 1. The number of rotatable bonds is 12. The van der Waals surface area contributed by atoms with E-state index >= 15 is 0 Å². The molecule has 11 heteroatoms. The van der Waals surface area contributed by atoms with Crippen LogP contribution in [0.3, 0.4) is 0 Å². The number of carbonyl (C=O) groups excluding carboxylic acids is 2. The molecule has 2 atom stereocenters.